The number of aromatic nitrogens is 1. The van der Waals surface area contributed by atoms with Crippen LogP contribution in [0.1, 0.15) is 48.9 Å². The predicted octanol–water partition coefficient (Wildman–Crippen LogP) is 6.00. The molecule has 5 rings (SSSR count). The lowest BCUT2D eigenvalue weighted by molar-refractivity contribution is -0.113. The van der Waals surface area contributed by atoms with Crippen LogP contribution in [-0.2, 0) is 11.2 Å². The Labute approximate surface area is 208 Å². The van der Waals surface area contributed by atoms with Gasteiger partial charge in [0.25, 0.3) is 0 Å². The summed E-state index contributed by atoms with van der Waals surface area (Å²) in [5.74, 6) is -0.0847. The number of phenolic OH excluding ortho intramolecular Hbond substituents is 1. The fourth-order valence-corrected chi connectivity index (χ4v) is 5.41. The van der Waals surface area contributed by atoms with E-state index in [4.69, 9.17) is 4.74 Å². The number of aromatic hydroxyl groups is 1. The van der Waals surface area contributed by atoms with Gasteiger partial charge in [0.2, 0.25) is 0 Å². The minimum atomic E-state index is -0.561. The third-order valence-electron chi connectivity index (χ3n) is 6.08. The molecular weight excluding hydrogens is 465 g/mol. The van der Waals surface area contributed by atoms with Gasteiger partial charge in [-0.05, 0) is 34.7 Å². The zero-order valence-corrected chi connectivity index (χ0v) is 20.6. The molecule has 5 nitrogen and oxygen atoms in total. The number of nitrogens with zero attached hydrogens (tertiary/aromatic N) is 1. The minimum absolute atomic E-state index is 0.151. The maximum absolute atomic E-state index is 13.2. The quantitative estimate of drug-likeness (QED) is 0.316. The Morgan fingerprint density at radius 2 is 1.77 bits per heavy atom. The molecule has 1 aromatic heterocycles. The van der Waals surface area contributed by atoms with E-state index in [0.717, 1.165) is 26.4 Å². The highest BCUT2D eigenvalue weighted by Crippen LogP contribution is 2.41. The van der Waals surface area contributed by atoms with Crippen LogP contribution in [0.3, 0.4) is 0 Å². The van der Waals surface area contributed by atoms with E-state index in [1.807, 2.05) is 44.2 Å². The lowest BCUT2D eigenvalue weighted by atomic mass is 9.90. The molecule has 2 heterocycles. The second kappa shape index (κ2) is 11.3. The molecule has 0 bridgehead atoms. The summed E-state index contributed by atoms with van der Waals surface area (Å²) in [6.07, 6.45) is 1.65. The van der Waals surface area contributed by atoms with E-state index in [-0.39, 0.29) is 24.3 Å². The summed E-state index contributed by atoms with van der Waals surface area (Å²) >= 11 is 1.50. The Morgan fingerprint density at radius 3 is 2.49 bits per heavy atom. The summed E-state index contributed by atoms with van der Waals surface area (Å²) in [4.78, 5) is 5.45. The molecule has 1 fully saturated rings. The largest absolute Gasteiger partial charge is 0.507 e. The van der Waals surface area contributed by atoms with Gasteiger partial charge in [-0.1, -0.05) is 50.2 Å². The van der Waals surface area contributed by atoms with Crippen LogP contribution in [0.25, 0.3) is 21.2 Å². The van der Waals surface area contributed by atoms with Gasteiger partial charge in [-0.3, -0.25) is 0 Å². The number of aliphatic hydroxyl groups is 2. The Kier molecular flexibility index (Phi) is 8.13. The van der Waals surface area contributed by atoms with Gasteiger partial charge in [0.1, 0.15) is 11.6 Å². The number of aliphatic hydroxyl groups excluding tert-OH is 2. The molecule has 0 amide bonds. The Balaban J connectivity index is 0.00000141. The van der Waals surface area contributed by atoms with Crippen molar-refractivity contribution in [3.8, 4) is 16.2 Å². The molecule has 1 aliphatic heterocycles. The number of phenols is 1. The molecule has 0 aliphatic carbocycles. The van der Waals surface area contributed by atoms with Crippen molar-refractivity contribution >= 4 is 22.1 Å². The van der Waals surface area contributed by atoms with Crippen molar-refractivity contribution in [3.05, 3.63) is 82.7 Å². The monoisotopic (exact) mass is 495 g/mol. The smallest absolute Gasteiger partial charge is 0.127 e. The summed E-state index contributed by atoms with van der Waals surface area (Å²) in [5, 5.41) is 33.4. The van der Waals surface area contributed by atoms with Crippen LogP contribution in [0.2, 0.25) is 0 Å². The average Bonchev–Trinajstić information content (AvgIpc) is 3.35. The van der Waals surface area contributed by atoms with E-state index in [9.17, 15) is 19.7 Å². The topological polar surface area (TPSA) is 82.8 Å². The molecule has 7 heteroatoms. The summed E-state index contributed by atoms with van der Waals surface area (Å²) in [7, 11) is 0. The first-order chi connectivity index (χ1) is 17.0. The van der Waals surface area contributed by atoms with Crippen LogP contribution >= 0.6 is 11.3 Å². The van der Waals surface area contributed by atoms with Crippen LogP contribution < -0.4 is 0 Å². The van der Waals surface area contributed by atoms with Gasteiger partial charge in [0.15, 0.2) is 0 Å². The molecule has 0 saturated carbocycles. The predicted molar refractivity (Wildman–Crippen MR) is 137 cm³/mol. The zero-order chi connectivity index (χ0) is 24.9. The van der Waals surface area contributed by atoms with Crippen molar-refractivity contribution in [3.63, 3.8) is 0 Å². The third-order valence-corrected chi connectivity index (χ3v) is 7.13. The van der Waals surface area contributed by atoms with E-state index in [1.165, 1.54) is 23.5 Å². The van der Waals surface area contributed by atoms with Crippen molar-refractivity contribution in [2.45, 2.75) is 51.4 Å². The number of hydrogen-bond acceptors (Lipinski definition) is 6. The fraction of sp³-hybridized carbons (Fsp3) is 0.321. The van der Waals surface area contributed by atoms with Gasteiger partial charge >= 0.3 is 0 Å². The number of halogens is 1. The zero-order valence-electron chi connectivity index (χ0n) is 19.8. The average molecular weight is 496 g/mol. The minimum Gasteiger partial charge on any atom is -0.507 e. The lowest BCUT2D eigenvalue weighted by Gasteiger charge is -2.33. The van der Waals surface area contributed by atoms with Gasteiger partial charge < -0.3 is 20.1 Å². The SMILES string of the molecule is CC.OCC1CC(O)CC(c2cc(Cc3ncc(-c4ccc(F)cc4)s3)c(O)c3ccccc23)O1. The van der Waals surface area contributed by atoms with Crippen molar-refractivity contribution in [2.24, 2.45) is 0 Å². The summed E-state index contributed by atoms with van der Waals surface area (Å²) in [5.41, 5.74) is 2.49. The molecule has 184 valence electrons. The highest BCUT2D eigenvalue weighted by atomic mass is 32.1. The van der Waals surface area contributed by atoms with E-state index in [1.54, 1.807) is 18.3 Å². The first kappa shape index (κ1) is 25.3. The Hall–Kier alpha value is -2.84. The van der Waals surface area contributed by atoms with Gasteiger partial charge in [-0.25, -0.2) is 9.37 Å². The first-order valence-electron chi connectivity index (χ1n) is 11.9. The van der Waals surface area contributed by atoms with Crippen LogP contribution in [0.15, 0.2) is 60.8 Å². The number of fused-ring (bicyclic) bond motifs is 1. The van der Waals surface area contributed by atoms with Crippen molar-refractivity contribution in [1.82, 2.24) is 4.98 Å². The van der Waals surface area contributed by atoms with Gasteiger partial charge in [-0.2, -0.15) is 0 Å². The van der Waals surface area contributed by atoms with Gasteiger partial charge in [0.05, 0.1) is 34.8 Å². The maximum Gasteiger partial charge on any atom is 0.127 e. The standard InChI is InChI=1S/C26H24FNO4S.C2H6/c27-17-7-5-15(6-8-17)24-13-28-25(33-24)10-16-9-22(20-3-1-2-4-21(20)26(16)31)23-12-18(30)11-19(14-29)32-23;1-2/h1-9,13,18-19,23,29-31H,10-12,14H2;1-2H3. The molecule has 35 heavy (non-hydrogen) atoms. The molecule has 4 aromatic rings. The van der Waals surface area contributed by atoms with Gasteiger partial charge in [0, 0.05) is 36.4 Å². The highest BCUT2D eigenvalue weighted by molar-refractivity contribution is 7.15. The third kappa shape index (κ3) is 5.54. The lowest BCUT2D eigenvalue weighted by Crippen LogP contribution is -2.33. The molecule has 3 atom stereocenters. The number of benzene rings is 3. The van der Waals surface area contributed by atoms with E-state index >= 15 is 0 Å². The molecule has 3 N–H and O–H groups in total. The first-order valence-corrected chi connectivity index (χ1v) is 12.7. The molecule has 3 aromatic carbocycles. The van der Waals surface area contributed by atoms with Crippen LogP contribution in [0, 0.1) is 5.82 Å². The second-order valence-electron chi connectivity index (χ2n) is 8.38. The molecule has 1 aliphatic rings. The summed E-state index contributed by atoms with van der Waals surface area (Å²) in [6.45, 7) is 3.85. The summed E-state index contributed by atoms with van der Waals surface area (Å²) in [6, 6.07) is 15.8. The fourth-order valence-electron chi connectivity index (χ4n) is 4.46. The number of ether oxygens (including phenoxy) is 1. The highest BCUT2D eigenvalue weighted by Gasteiger charge is 2.31. The van der Waals surface area contributed by atoms with Crippen molar-refractivity contribution in [2.75, 3.05) is 6.61 Å². The molecule has 0 spiro atoms. The van der Waals surface area contributed by atoms with Crippen LogP contribution in [-0.4, -0.2) is 39.1 Å². The van der Waals surface area contributed by atoms with E-state index in [0.29, 0.717) is 30.2 Å². The number of hydrogen-bond donors (Lipinski definition) is 3. The number of thiazole rings is 1. The normalized spacial score (nSPS) is 19.9. The Bertz CT molecular complexity index is 1270. The molecular formula is C28H30FNO4S. The van der Waals surface area contributed by atoms with Crippen molar-refractivity contribution < 1.29 is 24.4 Å². The van der Waals surface area contributed by atoms with E-state index in [2.05, 4.69) is 4.98 Å². The molecule has 3 unspecified atom stereocenters. The van der Waals surface area contributed by atoms with Crippen LogP contribution in [0.5, 0.6) is 5.75 Å². The second-order valence-corrected chi connectivity index (χ2v) is 9.49. The number of rotatable bonds is 5. The molecule has 0 radical (unpaired) electrons. The molecule has 1 saturated heterocycles. The summed E-state index contributed by atoms with van der Waals surface area (Å²) < 4.78 is 19.3. The van der Waals surface area contributed by atoms with Crippen LogP contribution in [0.4, 0.5) is 4.39 Å². The van der Waals surface area contributed by atoms with Gasteiger partial charge in [-0.15, -0.1) is 11.3 Å². The van der Waals surface area contributed by atoms with Crippen molar-refractivity contribution in [1.29, 1.82) is 0 Å². The Morgan fingerprint density at radius 1 is 1.06 bits per heavy atom. The maximum atomic E-state index is 13.2. The van der Waals surface area contributed by atoms with E-state index < -0.39 is 12.2 Å².